The number of Topliss-reactive ketones (excluding diaryl/α,β-unsaturated/α-hetero) is 1. The Morgan fingerprint density at radius 2 is 1.69 bits per heavy atom. The van der Waals surface area contributed by atoms with Crippen LogP contribution in [0, 0.1) is 17.0 Å². The molecule has 0 radical (unpaired) electrons. The zero-order chi connectivity index (χ0) is 27.5. The SMILES string of the molecule is CC1(C)CC(=O)C2=C(C1)c1c(ccc3ccccc13)N[C@@H]2c1ccc(OC(=O)c2cc(F)c(F)cc2Cl)cc1. The van der Waals surface area contributed by atoms with Crippen molar-refractivity contribution in [1.82, 2.24) is 0 Å². The zero-order valence-corrected chi connectivity index (χ0v) is 22.0. The van der Waals surface area contributed by atoms with Crippen LogP contribution in [0.25, 0.3) is 16.3 Å². The van der Waals surface area contributed by atoms with Crippen LogP contribution in [-0.4, -0.2) is 11.8 Å². The molecule has 196 valence electrons. The van der Waals surface area contributed by atoms with Crippen molar-refractivity contribution in [1.29, 1.82) is 0 Å². The highest BCUT2D eigenvalue weighted by Gasteiger charge is 2.40. The van der Waals surface area contributed by atoms with Gasteiger partial charge in [-0.25, -0.2) is 13.6 Å². The van der Waals surface area contributed by atoms with Gasteiger partial charge in [-0.2, -0.15) is 0 Å². The molecule has 0 bridgehead atoms. The molecule has 0 fully saturated rings. The van der Waals surface area contributed by atoms with Gasteiger partial charge in [0.05, 0.1) is 16.6 Å². The van der Waals surface area contributed by atoms with Crippen LogP contribution >= 0.6 is 11.6 Å². The van der Waals surface area contributed by atoms with Gasteiger partial charge in [-0.1, -0.05) is 67.9 Å². The molecule has 0 unspecified atom stereocenters. The number of hydrogen-bond acceptors (Lipinski definition) is 4. The highest BCUT2D eigenvalue weighted by atomic mass is 35.5. The van der Waals surface area contributed by atoms with Gasteiger partial charge in [-0.15, -0.1) is 0 Å². The Morgan fingerprint density at radius 1 is 0.974 bits per heavy atom. The maximum atomic E-state index is 13.6. The van der Waals surface area contributed by atoms with E-state index in [1.165, 1.54) is 0 Å². The molecular formula is C32H24ClF2NO3. The fourth-order valence-electron chi connectivity index (χ4n) is 5.66. The summed E-state index contributed by atoms with van der Waals surface area (Å²) in [6, 6.07) is 20.2. The van der Waals surface area contributed by atoms with Crippen molar-refractivity contribution in [3.8, 4) is 5.75 Å². The molecule has 39 heavy (non-hydrogen) atoms. The van der Waals surface area contributed by atoms with E-state index in [0.717, 1.165) is 51.2 Å². The molecule has 0 saturated carbocycles. The molecule has 2 aliphatic rings. The molecule has 6 rings (SSSR count). The number of carbonyl (C=O) groups excluding carboxylic acids is 2. The van der Waals surface area contributed by atoms with E-state index in [-0.39, 0.29) is 33.6 Å². The molecule has 0 aromatic heterocycles. The number of fused-ring (bicyclic) bond motifs is 4. The number of halogens is 3. The molecule has 1 atom stereocenters. The van der Waals surface area contributed by atoms with E-state index in [1.807, 2.05) is 12.1 Å². The lowest BCUT2D eigenvalue weighted by Gasteiger charge is -2.40. The minimum absolute atomic E-state index is 0.112. The highest BCUT2D eigenvalue weighted by molar-refractivity contribution is 6.33. The summed E-state index contributed by atoms with van der Waals surface area (Å²) < 4.78 is 32.4. The lowest BCUT2D eigenvalue weighted by molar-refractivity contribution is -0.118. The Balaban J connectivity index is 1.36. The minimum atomic E-state index is -1.19. The van der Waals surface area contributed by atoms with E-state index in [0.29, 0.717) is 12.5 Å². The van der Waals surface area contributed by atoms with Crippen LogP contribution in [0.1, 0.15) is 54.2 Å². The second-order valence-electron chi connectivity index (χ2n) is 10.8. The molecule has 1 aliphatic carbocycles. The van der Waals surface area contributed by atoms with Crippen molar-refractivity contribution in [3.63, 3.8) is 0 Å². The molecule has 1 aliphatic heterocycles. The fraction of sp³-hybridized carbons (Fsp3) is 0.188. The van der Waals surface area contributed by atoms with E-state index < -0.39 is 17.6 Å². The summed E-state index contributed by atoms with van der Waals surface area (Å²) in [6.07, 6.45) is 1.23. The van der Waals surface area contributed by atoms with Crippen LogP contribution in [0.2, 0.25) is 5.02 Å². The second-order valence-corrected chi connectivity index (χ2v) is 11.2. The van der Waals surface area contributed by atoms with Gasteiger partial charge in [0.2, 0.25) is 0 Å². The molecule has 0 saturated heterocycles. The number of anilines is 1. The number of ether oxygens (including phenoxy) is 1. The van der Waals surface area contributed by atoms with E-state index in [4.69, 9.17) is 16.3 Å². The van der Waals surface area contributed by atoms with Gasteiger partial charge >= 0.3 is 5.97 Å². The molecule has 0 amide bonds. The third-order valence-corrected chi connectivity index (χ3v) is 7.71. The average molecular weight is 544 g/mol. The maximum absolute atomic E-state index is 13.6. The largest absolute Gasteiger partial charge is 0.423 e. The van der Waals surface area contributed by atoms with Gasteiger partial charge in [-0.3, -0.25) is 4.79 Å². The monoisotopic (exact) mass is 543 g/mol. The van der Waals surface area contributed by atoms with Crippen LogP contribution in [0.3, 0.4) is 0 Å². The number of carbonyl (C=O) groups is 2. The Hall–Kier alpha value is -4.03. The van der Waals surface area contributed by atoms with E-state index in [1.54, 1.807) is 24.3 Å². The Labute approximate surface area is 229 Å². The normalized spacial score (nSPS) is 17.9. The zero-order valence-electron chi connectivity index (χ0n) is 21.3. The lowest BCUT2D eigenvalue weighted by Crippen LogP contribution is -2.33. The van der Waals surface area contributed by atoms with Gasteiger partial charge in [-0.05, 0) is 64.1 Å². The van der Waals surface area contributed by atoms with E-state index in [2.05, 4.69) is 43.4 Å². The standard InChI is InChI=1S/C32H24ClF2NO3/c1-32(2)15-22-28-20-6-4-3-5-17(20)9-12-26(28)36-30(29(22)27(37)16-32)18-7-10-19(11-8-18)39-31(38)21-13-24(34)25(35)14-23(21)33/h3-14,30,36H,15-16H2,1-2H3/t30-/m1/s1. The number of esters is 1. The number of allylic oxidation sites excluding steroid dienone is 1. The predicted molar refractivity (Wildman–Crippen MR) is 148 cm³/mol. The summed E-state index contributed by atoms with van der Waals surface area (Å²) in [5.41, 5.74) is 4.26. The van der Waals surface area contributed by atoms with Crippen molar-refractivity contribution in [3.05, 3.63) is 112 Å². The van der Waals surface area contributed by atoms with E-state index >= 15 is 0 Å². The summed E-state index contributed by atoms with van der Waals surface area (Å²) in [5.74, 6) is -2.93. The first-order valence-corrected chi connectivity index (χ1v) is 13.0. The third-order valence-electron chi connectivity index (χ3n) is 7.39. The van der Waals surface area contributed by atoms with Crippen molar-refractivity contribution in [2.75, 3.05) is 5.32 Å². The number of nitrogens with one attached hydrogen (secondary N) is 1. The van der Waals surface area contributed by atoms with Crippen molar-refractivity contribution in [2.45, 2.75) is 32.7 Å². The Kier molecular flexibility index (Phi) is 6.03. The first-order valence-electron chi connectivity index (χ1n) is 12.6. The van der Waals surface area contributed by atoms with Crippen molar-refractivity contribution >= 4 is 45.4 Å². The van der Waals surface area contributed by atoms with Gasteiger partial charge in [0.25, 0.3) is 0 Å². The average Bonchev–Trinajstić information content (AvgIpc) is 2.89. The smallest absolute Gasteiger partial charge is 0.345 e. The summed E-state index contributed by atoms with van der Waals surface area (Å²) in [7, 11) is 0. The van der Waals surface area contributed by atoms with Crippen LogP contribution in [0.4, 0.5) is 14.5 Å². The molecule has 0 spiro atoms. The first-order chi connectivity index (χ1) is 18.6. The van der Waals surface area contributed by atoms with Crippen LogP contribution < -0.4 is 10.1 Å². The molecule has 4 aromatic rings. The molecule has 7 heteroatoms. The van der Waals surface area contributed by atoms with Crippen LogP contribution in [0.15, 0.2) is 78.4 Å². The fourth-order valence-corrected chi connectivity index (χ4v) is 5.88. The van der Waals surface area contributed by atoms with E-state index in [9.17, 15) is 18.4 Å². The molecule has 1 heterocycles. The molecular weight excluding hydrogens is 520 g/mol. The number of hydrogen-bond donors (Lipinski definition) is 1. The predicted octanol–water partition coefficient (Wildman–Crippen LogP) is 8.30. The highest BCUT2D eigenvalue weighted by Crippen LogP contribution is 2.52. The van der Waals surface area contributed by atoms with Gasteiger partial charge < -0.3 is 10.1 Å². The van der Waals surface area contributed by atoms with Crippen LogP contribution in [0.5, 0.6) is 5.75 Å². The topological polar surface area (TPSA) is 55.4 Å². The first kappa shape index (κ1) is 25.3. The minimum Gasteiger partial charge on any atom is -0.423 e. The number of ketones is 1. The summed E-state index contributed by atoms with van der Waals surface area (Å²) in [5, 5.41) is 5.57. The number of benzene rings is 4. The lowest BCUT2D eigenvalue weighted by atomic mass is 9.68. The summed E-state index contributed by atoms with van der Waals surface area (Å²) in [6.45, 7) is 4.25. The summed E-state index contributed by atoms with van der Waals surface area (Å²) in [4.78, 5) is 26.2. The van der Waals surface area contributed by atoms with Gasteiger partial charge in [0.15, 0.2) is 17.4 Å². The molecule has 4 aromatic carbocycles. The van der Waals surface area contributed by atoms with Crippen molar-refractivity contribution < 1.29 is 23.1 Å². The Morgan fingerprint density at radius 3 is 2.46 bits per heavy atom. The molecule has 1 N–H and O–H groups in total. The van der Waals surface area contributed by atoms with Gasteiger partial charge in [0, 0.05) is 23.2 Å². The maximum Gasteiger partial charge on any atom is 0.345 e. The third kappa shape index (κ3) is 4.49. The van der Waals surface area contributed by atoms with Gasteiger partial charge in [0.1, 0.15) is 5.75 Å². The van der Waals surface area contributed by atoms with Crippen molar-refractivity contribution in [2.24, 2.45) is 5.41 Å². The number of rotatable bonds is 3. The van der Waals surface area contributed by atoms with Crippen LogP contribution in [-0.2, 0) is 4.79 Å². The molecule has 4 nitrogen and oxygen atoms in total. The second kappa shape index (κ2) is 9.31. The Bertz CT molecular complexity index is 1710. The quantitative estimate of drug-likeness (QED) is 0.160. The summed E-state index contributed by atoms with van der Waals surface area (Å²) >= 11 is 5.91.